The van der Waals surface area contributed by atoms with Crippen LogP contribution in [0.4, 0.5) is 0 Å². The van der Waals surface area contributed by atoms with Gasteiger partial charge in [-0.3, -0.25) is 9.67 Å². The molecule has 0 fully saturated rings. The van der Waals surface area contributed by atoms with Crippen LogP contribution in [0.15, 0.2) is 47.5 Å². The van der Waals surface area contributed by atoms with Gasteiger partial charge in [0.2, 0.25) is 0 Å². The summed E-state index contributed by atoms with van der Waals surface area (Å²) in [7, 11) is 1.99. The van der Waals surface area contributed by atoms with Crippen molar-refractivity contribution in [2.45, 2.75) is 33.6 Å². The molecule has 0 aliphatic rings. The molecule has 3 aromatic rings. The maximum absolute atomic E-state index is 5.90. The Labute approximate surface area is 202 Å². The fraction of sp³-hybridized carbons (Fsp3) is 0.417. The zero-order chi connectivity index (χ0) is 21.3. The summed E-state index contributed by atoms with van der Waals surface area (Å²) >= 11 is 0. The fourth-order valence-corrected chi connectivity index (χ4v) is 3.53. The number of hydrogen-bond donors (Lipinski definition) is 2. The highest BCUT2D eigenvalue weighted by molar-refractivity contribution is 14.0. The molecule has 1 heterocycles. The molecule has 0 bridgehead atoms. The van der Waals surface area contributed by atoms with Crippen molar-refractivity contribution in [3.8, 4) is 5.75 Å². The summed E-state index contributed by atoms with van der Waals surface area (Å²) < 4.78 is 7.85. The number of benzene rings is 2. The number of nitrogens with zero attached hydrogens (tertiary/aromatic N) is 3. The number of aromatic nitrogens is 2. The lowest BCUT2D eigenvalue weighted by molar-refractivity contribution is 0.314. The van der Waals surface area contributed by atoms with Crippen molar-refractivity contribution < 1.29 is 4.74 Å². The molecule has 0 saturated heterocycles. The van der Waals surface area contributed by atoms with Gasteiger partial charge in [0, 0.05) is 38.8 Å². The third kappa shape index (κ3) is 7.12. The second-order valence-corrected chi connectivity index (χ2v) is 7.42. The molecular formula is C24H34IN5O. The van der Waals surface area contributed by atoms with Crippen LogP contribution in [0.3, 0.4) is 0 Å². The van der Waals surface area contributed by atoms with Crippen molar-refractivity contribution in [1.29, 1.82) is 0 Å². The molecule has 2 N–H and O–H groups in total. The summed E-state index contributed by atoms with van der Waals surface area (Å²) in [4.78, 5) is 4.67. The average molecular weight is 535 g/mol. The van der Waals surface area contributed by atoms with Gasteiger partial charge >= 0.3 is 0 Å². The Bertz CT molecular complexity index is 999. The molecule has 0 aliphatic carbocycles. The molecule has 2 aromatic carbocycles. The molecule has 31 heavy (non-hydrogen) atoms. The van der Waals surface area contributed by atoms with Crippen molar-refractivity contribution in [3.63, 3.8) is 0 Å². The van der Waals surface area contributed by atoms with Gasteiger partial charge in [-0.25, -0.2) is 0 Å². The molecule has 0 aliphatic heterocycles. The van der Waals surface area contributed by atoms with Gasteiger partial charge in [-0.1, -0.05) is 30.3 Å². The van der Waals surface area contributed by atoms with Gasteiger partial charge < -0.3 is 15.4 Å². The van der Waals surface area contributed by atoms with E-state index in [9.17, 15) is 0 Å². The fourth-order valence-electron chi connectivity index (χ4n) is 3.53. The number of rotatable bonds is 9. The lowest BCUT2D eigenvalue weighted by Gasteiger charge is -2.12. The summed E-state index contributed by atoms with van der Waals surface area (Å²) in [5.41, 5.74) is 3.64. The normalized spacial score (nSPS) is 11.3. The van der Waals surface area contributed by atoms with E-state index in [4.69, 9.17) is 4.74 Å². The largest absolute Gasteiger partial charge is 0.494 e. The number of fused-ring (bicyclic) bond motifs is 1. The van der Waals surface area contributed by atoms with Crippen LogP contribution < -0.4 is 15.4 Å². The topological polar surface area (TPSA) is 63.5 Å². The van der Waals surface area contributed by atoms with Gasteiger partial charge in [0.15, 0.2) is 5.96 Å². The lowest BCUT2D eigenvalue weighted by Crippen LogP contribution is -2.38. The molecule has 0 unspecified atom stereocenters. The molecule has 0 radical (unpaired) electrons. The summed E-state index contributed by atoms with van der Waals surface area (Å²) in [6.45, 7) is 9.29. The smallest absolute Gasteiger partial charge is 0.191 e. The molecule has 3 rings (SSSR count). The van der Waals surface area contributed by atoms with E-state index in [0.717, 1.165) is 43.3 Å². The van der Waals surface area contributed by atoms with E-state index in [1.807, 2.05) is 23.9 Å². The Morgan fingerprint density at radius 1 is 1.10 bits per heavy atom. The highest BCUT2D eigenvalue weighted by Gasteiger charge is 2.09. The zero-order valence-corrected chi connectivity index (χ0v) is 21.3. The standard InChI is InChI=1S/C24H33N5O.HI/c1-5-25-24(27-15-13-23-18(2)28-29(4)19(23)3)26-14-8-16-30-22-12-11-20-9-6-7-10-21(20)17-22;/h6-7,9-12,17H,5,8,13-16H2,1-4H3,(H2,25,26,27);1H. The van der Waals surface area contributed by atoms with E-state index in [1.54, 1.807) is 0 Å². The quantitative estimate of drug-likeness (QED) is 0.185. The van der Waals surface area contributed by atoms with E-state index in [1.165, 1.54) is 22.0 Å². The van der Waals surface area contributed by atoms with Gasteiger partial charge in [-0.05, 0) is 55.7 Å². The predicted octanol–water partition coefficient (Wildman–Crippen LogP) is 4.37. The van der Waals surface area contributed by atoms with Crippen molar-refractivity contribution in [2.75, 3.05) is 26.2 Å². The minimum absolute atomic E-state index is 0. The maximum atomic E-state index is 5.90. The Morgan fingerprint density at radius 2 is 1.87 bits per heavy atom. The number of nitrogens with one attached hydrogen (secondary N) is 2. The highest BCUT2D eigenvalue weighted by atomic mass is 127. The van der Waals surface area contributed by atoms with Crippen LogP contribution in [0.2, 0.25) is 0 Å². The Hall–Kier alpha value is -2.29. The van der Waals surface area contributed by atoms with Gasteiger partial charge in [-0.15, -0.1) is 24.0 Å². The van der Waals surface area contributed by atoms with E-state index in [0.29, 0.717) is 13.2 Å². The van der Waals surface area contributed by atoms with Crippen molar-refractivity contribution in [2.24, 2.45) is 12.0 Å². The molecule has 7 heteroatoms. The van der Waals surface area contributed by atoms with Crippen LogP contribution in [0.1, 0.15) is 30.3 Å². The monoisotopic (exact) mass is 535 g/mol. The van der Waals surface area contributed by atoms with Crippen LogP contribution >= 0.6 is 24.0 Å². The maximum Gasteiger partial charge on any atom is 0.191 e. The molecular weight excluding hydrogens is 501 g/mol. The second kappa shape index (κ2) is 12.5. The summed E-state index contributed by atoms with van der Waals surface area (Å²) in [5.74, 6) is 1.76. The van der Waals surface area contributed by atoms with E-state index < -0.39 is 0 Å². The molecule has 1 aromatic heterocycles. The summed E-state index contributed by atoms with van der Waals surface area (Å²) in [5, 5.41) is 13.6. The Balaban J connectivity index is 0.00000341. The third-order valence-corrected chi connectivity index (χ3v) is 5.23. The SMILES string of the molecule is CCNC(=NCCCOc1ccc2ccccc2c1)NCCc1c(C)nn(C)c1C.I. The first-order valence-corrected chi connectivity index (χ1v) is 10.7. The average Bonchev–Trinajstić information content (AvgIpc) is 2.99. The van der Waals surface area contributed by atoms with Crippen molar-refractivity contribution in [1.82, 2.24) is 20.4 Å². The zero-order valence-electron chi connectivity index (χ0n) is 18.9. The van der Waals surface area contributed by atoms with E-state index >= 15 is 0 Å². The van der Waals surface area contributed by atoms with Gasteiger partial charge in [-0.2, -0.15) is 5.10 Å². The number of aliphatic imine (C=N–C) groups is 1. The van der Waals surface area contributed by atoms with Crippen LogP contribution in [0, 0.1) is 13.8 Å². The lowest BCUT2D eigenvalue weighted by atomic mass is 10.1. The van der Waals surface area contributed by atoms with Gasteiger partial charge in [0.1, 0.15) is 5.75 Å². The first-order valence-electron chi connectivity index (χ1n) is 10.7. The minimum Gasteiger partial charge on any atom is -0.494 e. The molecule has 0 spiro atoms. The van der Waals surface area contributed by atoms with Crippen molar-refractivity contribution in [3.05, 3.63) is 59.4 Å². The predicted molar refractivity (Wildman–Crippen MR) is 140 cm³/mol. The second-order valence-electron chi connectivity index (χ2n) is 7.42. The number of guanidine groups is 1. The molecule has 0 saturated carbocycles. The van der Waals surface area contributed by atoms with Crippen LogP contribution in [0.5, 0.6) is 5.75 Å². The Kier molecular flexibility index (Phi) is 10.1. The number of hydrogen-bond acceptors (Lipinski definition) is 3. The molecule has 168 valence electrons. The highest BCUT2D eigenvalue weighted by Crippen LogP contribution is 2.20. The van der Waals surface area contributed by atoms with Crippen LogP contribution in [0.25, 0.3) is 10.8 Å². The minimum atomic E-state index is 0. The van der Waals surface area contributed by atoms with Crippen LogP contribution in [-0.4, -0.2) is 42.0 Å². The molecule has 0 amide bonds. The molecule has 6 nitrogen and oxygen atoms in total. The van der Waals surface area contributed by atoms with E-state index in [-0.39, 0.29) is 24.0 Å². The van der Waals surface area contributed by atoms with E-state index in [2.05, 4.69) is 71.8 Å². The van der Waals surface area contributed by atoms with Crippen molar-refractivity contribution >= 4 is 40.7 Å². The summed E-state index contributed by atoms with van der Waals surface area (Å²) in [6.07, 6.45) is 1.80. The number of aryl methyl sites for hydroxylation is 2. The first kappa shape index (κ1) is 25.0. The van der Waals surface area contributed by atoms with Gasteiger partial charge in [0.25, 0.3) is 0 Å². The Morgan fingerprint density at radius 3 is 2.58 bits per heavy atom. The van der Waals surface area contributed by atoms with Gasteiger partial charge in [0.05, 0.1) is 12.3 Å². The number of ether oxygens (including phenoxy) is 1. The number of halogens is 1. The molecule has 0 atom stereocenters. The first-order chi connectivity index (χ1) is 14.6. The summed E-state index contributed by atoms with van der Waals surface area (Å²) in [6, 6.07) is 14.5. The van der Waals surface area contributed by atoms with Crippen LogP contribution in [-0.2, 0) is 13.5 Å². The third-order valence-electron chi connectivity index (χ3n) is 5.23.